The van der Waals surface area contributed by atoms with Crippen LogP contribution in [0.3, 0.4) is 0 Å². The first-order valence-electron chi connectivity index (χ1n) is 8.19. The lowest BCUT2D eigenvalue weighted by Crippen LogP contribution is -2.47. The minimum atomic E-state index is -0.373. The number of nitro groups is 1. The van der Waals surface area contributed by atoms with Gasteiger partial charge in [0.05, 0.1) is 24.2 Å². The van der Waals surface area contributed by atoms with Crippen molar-refractivity contribution in [2.24, 2.45) is 0 Å². The number of anilines is 1. The van der Waals surface area contributed by atoms with Gasteiger partial charge in [-0.2, -0.15) is 0 Å². The van der Waals surface area contributed by atoms with Gasteiger partial charge in [-0.15, -0.1) is 0 Å². The Morgan fingerprint density at radius 3 is 2.79 bits per heavy atom. The van der Waals surface area contributed by atoms with Gasteiger partial charge in [0.1, 0.15) is 5.82 Å². The molecule has 0 saturated carbocycles. The highest BCUT2D eigenvalue weighted by molar-refractivity contribution is 5.48. The van der Waals surface area contributed by atoms with E-state index in [9.17, 15) is 10.1 Å². The van der Waals surface area contributed by atoms with Gasteiger partial charge in [0.2, 0.25) is 0 Å². The maximum atomic E-state index is 11.0. The average Bonchev–Trinajstić information content (AvgIpc) is 2.63. The van der Waals surface area contributed by atoms with Gasteiger partial charge in [0.15, 0.2) is 0 Å². The summed E-state index contributed by atoms with van der Waals surface area (Å²) in [6.45, 7) is 3.09. The molecule has 1 spiro atoms. The van der Waals surface area contributed by atoms with E-state index in [-0.39, 0.29) is 16.0 Å². The molecule has 0 unspecified atom stereocenters. The van der Waals surface area contributed by atoms with Gasteiger partial charge < -0.3 is 9.64 Å². The Morgan fingerprint density at radius 1 is 1.21 bits per heavy atom. The van der Waals surface area contributed by atoms with Crippen molar-refractivity contribution in [3.05, 3.63) is 63.8 Å². The van der Waals surface area contributed by atoms with E-state index in [0.29, 0.717) is 12.4 Å². The summed E-state index contributed by atoms with van der Waals surface area (Å²) >= 11 is 0. The zero-order chi connectivity index (χ0) is 16.6. The largest absolute Gasteiger partial charge is 0.376 e. The molecule has 24 heavy (non-hydrogen) atoms. The fraction of sp³-hybridized carbons (Fsp3) is 0.389. The normalized spacial score (nSPS) is 19.1. The Bertz CT molecular complexity index is 770. The van der Waals surface area contributed by atoms with Gasteiger partial charge in [0, 0.05) is 30.8 Å². The molecule has 0 aliphatic carbocycles. The Labute approximate surface area is 140 Å². The number of hydrogen-bond donors (Lipinski definition) is 0. The van der Waals surface area contributed by atoms with Crippen LogP contribution in [0.25, 0.3) is 0 Å². The highest BCUT2D eigenvalue weighted by Gasteiger charge is 2.40. The second-order valence-corrected chi connectivity index (χ2v) is 6.55. The summed E-state index contributed by atoms with van der Waals surface area (Å²) in [7, 11) is 0. The quantitative estimate of drug-likeness (QED) is 0.627. The molecular formula is C18H19N3O3. The van der Waals surface area contributed by atoms with Crippen molar-refractivity contribution in [3.63, 3.8) is 0 Å². The Balaban J connectivity index is 1.56. The first-order chi connectivity index (χ1) is 11.7. The monoisotopic (exact) mass is 325 g/mol. The van der Waals surface area contributed by atoms with E-state index in [2.05, 4.69) is 34.1 Å². The molecule has 4 rings (SSSR count). The number of hydrogen-bond acceptors (Lipinski definition) is 5. The summed E-state index contributed by atoms with van der Waals surface area (Å²) in [5.41, 5.74) is 2.84. The molecule has 2 aromatic rings. The van der Waals surface area contributed by atoms with Crippen LogP contribution in [0.4, 0.5) is 11.5 Å². The van der Waals surface area contributed by atoms with Crippen molar-refractivity contribution in [2.45, 2.75) is 24.9 Å². The Kier molecular flexibility index (Phi) is 3.69. The fourth-order valence-electron chi connectivity index (χ4n) is 3.87. The smallest absolute Gasteiger partial charge is 0.274 e. The predicted molar refractivity (Wildman–Crippen MR) is 90.1 cm³/mol. The van der Waals surface area contributed by atoms with Crippen LogP contribution in [0.5, 0.6) is 0 Å². The third-order valence-electron chi connectivity index (χ3n) is 5.21. The number of piperidine rings is 1. The molecule has 2 aliphatic rings. The maximum absolute atomic E-state index is 11.0. The van der Waals surface area contributed by atoms with Crippen molar-refractivity contribution in [1.82, 2.24) is 4.98 Å². The van der Waals surface area contributed by atoms with E-state index < -0.39 is 0 Å². The molecular weight excluding hydrogens is 306 g/mol. The van der Waals surface area contributed by atoms with E-state index in [1.165, 1.54) is 23.4 Å². The highest BCUT2D eigenvalue weighted by atomic mass is 16.6. The fourth-order valence-corrected chi connectivity index (χ4v) is 3.87. The van der Waals surface area contributed by atoms with E-state index in [1.807, 2.05) is 0 Å². The minimum absolute atomic E-state index is 0.0616. The van der Waals surface area contributed by atoms with E-state index in [0.717, 1.165) is 32.5 Å². The molecule has 2 aliphatic heterocycles. The zero-order valence-electron chi connectivity index (χ0n) is 13.4. The maximum Gasteiger partial charge on any atom is 0.274 e. The number of rotatable bonds is 2. The standard InChI is InChI=1S/C18H19N3O3/c22-21(23)15-5-8-19-17(11-15)20-9-6-18(7-10-20)13-24-12-14-3-1-2-4-16(14)18/h1-5,8,11H,6-7,9-10,12-13H2. The second-order valence-electron chi connectivity index (χ2n) is 6.55. The molecule has 1 aromatic heterocycles. The summed E-state index contributed by atoms with van der Waals surface area (Å²) in [5, 5.41) is 11.0. The van der Waals surface area contributed by atoms with Gasteiger partial charge in [-0.25, -0.2) is 4.98 Å². The first kappa shape index (κ1) is 15.1. The van der Waals surface area contributed by atoms with Crippen molar-refractivity contribution >= 4 is 11.5 Å². The van der Waals surface area contributed by atoms with E-state index >= 15 is 0 Å². The number of pyridine rings is 1. The lowest BCUT2D eigenvalue weighted by molar-refractivity contribution is -0.384. The zero-order valence-corrected chi connectivity index (χ0v) is 13.4. The molecule has 1 saturated heterocycles. The van der Waals surface area contributed by atoms with Crippen LogP contribution in [0.15, 0.2) is 42.6 Å². The summed E-state index contributed by atoms with van der Waals surface area (Å²) in [4.78, 5) is 17.0. The minimum Gasteiger partial charge on any atom is -0.376 e. The van der Waals surface area contributed by atoms with Gasteiger partial charge >= 0.3 is 0 Å². The topological polar surface area (TPSA) is 68.5 Å². The molecule has 1 fully saturated rings. The van der Waals surface area contributed by atoms with Crippen LogP contribution in [0, 0.1) is 10.1 Å². The van der Waals surface area contributed by atoms with Crippen LogP contribution >= 0.6 is 0 Å². The van der Waals surface area contributed by atoms with Crippen LogP contribution in [0.1, 0.15) is 24.0 Å². The van der Waals surface area contributed by atoms with Gasteiger partial charge in [-0.05, 0) is 24.0 Å². The molecule has 0 radical (unpaired) electrons. The van der Waals surface area contributed by atoms with Crippen LogP contribution in [-0.2, 0) is 16.8 Å². The first-order valence-corrected chi connectivity index (χ1v) is 8.19. The van der Waals surface area contributed by atoms with E-state index in [1.54, 1.807) is 6.07 Å². The second kappa shape index (κ2) is 5.87. The molecule has 3 heterocycles. The van der Waals surface area contributed by atoms with Gasteiger partial charge in [0.25, 0.3) is 5.69 Å². The SMILES string of the molecule is O=[N+]([O-])c1ccnc(N2CCC3(CC2)COCc2ccccc23)c1. The van der Waals surface area contributed by atoms with Gasteiger partial charge in [-0.3, -0.25) is 10.1 Å². The van der Waals surface area contributed by atoms with Crippen molar-refractivity contribution < 1.29 is 9.66 Å². The summed E-state index contributed by atoms with van der Waals surface area (Å²) in [6.07, 6.45) is 3.44. The summed E-state index contributed by atoms with van der Waals surface area (Å²) in [6, 6.07) is 11.5. The van der Waals surface area contributed by atoms with Crippen molar-refractivity contribution in [3.8, 4) is 0 Å². The molecule has 0 atom stereocenters. The molecule has 6 heteroatoms. The number of aromatic nitrogens is 1. The molecule has 6 nitrogen and oxygen atoms in total. The Hall–Kier alpha value is -2.47. The summed E-state index contributed by atoms with van der Waals surface area (Å²) < 4.78 is 5.86. The number of benzene rings is 1. The lowest BCUT2D eigenvalue weighted by Gasteiger charge is -2.45. The molecule has 0 N–H and O–H groups in total. The number of fused-ring (bicyclic) bond motifs is 2. The van der Waals surface area contributed by atoms with Crippen LogP contribution < -0.4 is 4.90 Å². The average molecular weight is 325 g/mol. The van der Waals surface area contributed by atoms with E-state index in [4.69, 9.17) is 4.74 Å². The Morgan fingerprint density at radius 2 is 2.00 bits per heavy atom. The molecule has 0 amide bonds. The highest BCUT2D eigenvalue weighted by Crippen LogP contribution is 2.41. The third-order valence-corrected chi connectivity index (χ3v) is 5.21. The van der Waals surface area contributed by atoms with Crippen LogP contribution in [-0.4, -0.2) is 29.6 Å². The number of ether oxygens (including phenoxy) is 1. The molecule has 124 valence electrons. The number of nitrogens with zero attached hydrogens (tertiary/aromatic N) is 3. The third kappa shape index (κ3) is 2.53. The summed E-state index contributed by atoms with van der Waals surface area (Å²) in [5.74, 6) is 0.684. The molecule has 1 aromatic carbocycles. The predicted octanol–water partition coefficient (Wildman–Crippen LogP) is 3.06. The van der Waals surface area contributed by atoms with Crippen LogP contribution in [0.2, 0.25) is 0 Å². The molecule has 0 bridgehead atoms. The van der Waals surface area contributed by atoms with Crippen molar-refractivity contribution in [1.29, 1.82) is 0 Å². The lowest BCUT2D eigenvalue weighted by atomic mass is 9.71. The van der Waals surface area contributed by atoms with Gasteiger partial charge in [-0.1, -0.05) is 24.3 Å². The van der Waals surface area contributed by atoms with Crippen molar-refractivity contribution in [2.75, 3.05) is 24.6 Å².